The number of imidazole rings is 1. The fourth-order valence-corrected chi connectivity index (χ4v) is 4.60. The van der Waals surface area contributed by atoms with Gasteiger partial charge in [-0.05, 0) is 49.1 Å². The third-order valence-corrected chi connectivity index (χ3v) is 6.31. The molecule has 8 nitrogen and oxygen atoms in total. The van der Waals surface area contributed by atoms with Crippen molar-refractivity contribution in [3.63, 3.8) is 0 Å². The van der Waals surface area contributed by atoms with Crippen molar-refractivity contribution in [3.8, 4) is 5.75 Å². The third-order valence-electron chi connectivity index (χ3n) is 6.31. The molecule has 2 aliphatic heterocycles. The van der Waals surface area contributed by atoms with Crippen molar-refractivity contribution >= 4 is 11.8 Å². The number of benzene rings is 1. The molecule has 33 heavy (non-hydrogen) atoms. The lowest BCUT2D eigenvalue weighted by atomic mass is 10.0. The number of ether oxygens (including phenoxy) is 1. The van der Waals surface area contributed by atoms with Crippen molar-refractivity contribution in [1.29, 1.82) is 0 Å². The normalized spacial score (nSPS) is 17.1. The van der Waals surface area contributed by atoms with Crippen molar-refractivity contribution in [2.75, 3.05) is 13.2 Å². The second-order valence-electron chi connectivity index (χ2n) is 8.65. The third kappa shape index (κ3) is 4.65. The molecule has 1 atom stereocenters. The van der Waals surface area contributed by atoms with E-state index in [4.69, 9.17) is 9.15 Å². The Morgan fingerprint density at radius 1 is 1.21 bits per heavy atom. The number of carbonyl (C=O) groups excluding carboxylic acids is 2. The average molecular weight is 449 g/mol. The van der Waals surface area contributed by atoms with Crippen molar-refractivity contribution in [1.82, 2.24) is 19.8 Å². The number of furan rings is 1. The number of carbonyl (C=O) groups is 2. The molecular formula is C25H28N4O4. The SMILES string of the molecule is CC1c2nc(CC(=O)NCc3ccco3)cn2CCN1C(=O)Cc1ccc2c(c1)CCCO2. The molecule has 4 heterocycles. The standard InChI is InChI=1S/C25H28N4O4/c1-17-25-27-20(14-23(30)26-15-21-5-3-10-32-21)16-28(25)8-9-29(17)24(31)13-18-6-7-22-19(12-18)4-2-11-33-22/h3,5-7,10,12,16-17H,2,4,8-9,11,13-15H2,1H3,(H,26,30). The van der Waals surface area contributed by atoms with Gasteiger partial charge in [-0.15, -0.1) is 0 Å². The lowest BCUT2D eigenvalue weighted by Gasteiger charge is -2.34. The second kappa shape index (κ2) is 9.13. The van der Waals surface area contributed by atoms with Gasteiger partial charge in [-0.3, -0.25) is 9.59 Å². The van der Waals surface area contributed by atoms with Crippen LogP contribution in [0.15, 0.2) is 47.2 Å². The molecule has 0 fully saturated rings. The van der Waals surface area contributed by atoms with Crippen LogP contribution in [0.5, 0.6) is 5.75 Å². The van der Waals surface area contributed by atoms with Gasteiger partial charge < -0.3 is 23.9 Å². The molecule has 172 valence electrons. The first-order valence-corrected chi connectivity index (χ1v) is 11.5. The van der Waals surface area contributed by atoms with Crippen molar-refractivity contribution in [2.24, 2.45) is 0 Å². The first-order chi connectivity index (χ1) is 16.1. The van der Waals surface area contributed by atoms with E-state index in [0.29, 0.717) is 37.5 Å². The Hall–Kier alpha value is -3.55. The Morgan fingerprint density at radius 3 is 2.97 bits per heavy atom. The van der Waals surface area contributed by atoms with Crippen LogP contribution in [0, 0.1) is 0 Å². The minimum atomic E-state index is -0.146. The molecule has 3 aromatic rings. The molecule has 2 amide bonds. The quantitative estimate of drug-likeness (QED) is 0.626. The molecule has 2 aromatic heterocycles. The zero-order valence-electron chi connectivity index (χ0n) is 18.8. The number of rotatable bonds is 6. The Bertz CT molecular complexity index is 1150. The molecule has 0 saturated carbocycles. The van der Waals surface area contributed by atoms with Gasteiger partial charge in [0.05, 0.1) is 44.0 Å². The van der Waals surface area contributed by atoms with E-state index in [2.05, 4.69) is 20.9 Å². The Balaban J connectivity index is 1.21. The molecule has 0 radical (unpaired) electrons. The molecule has 8 heteroatoms. The highest BCUT2D eigenvalue weighted by molar-refractivity contribution is 5.79. The minimum Gasteiger partial charge on any atom is -0.493 e. The monoisotopic (exact) mass is 448 g/mol. The van der Waals surface area contributed by atoms with E-state index in [9.17, 15) is 9.59 Å². The van der Waals surface area contributed by atoms with Gasteiger partial charge in [-0.2, -0.15) is 0 Å². The van der Waals surface area contributed by atoms with Crippen LogP contribution >= 0.6 is 0 Å². The van der Waals surface area contributed by atoms with Gasteiger partial charge in [-0.25, -0.2) is 4.98 Å². The number of hydrogen-bond donors (Lipinski definition) is 1. The number of nitrogens with zero attached hydrogens (tertiary/aromatic N) is 3. The summed E-state index contributed by atoms with van der Waals surface area (Å²) < 4.78 is 13.0. The summed E-state index contributed by atoms with van der Waals surface area (Å²) in [6, 6.07) is 9.53. The predicted octanol–water partition coefficient (Wildman–Crippen LogP) is 2.81. The van der Waals surface area contributed by atoms with E-state index in [0.717, 1.165) is 36.6 Å². The first kappa shape index (κ1) is 21.3. The summed E-state index contributed by atoms with van der Waals surface area (Å²) in [5.41, 5.74) is 2.90. The van der Waals surface area contributed by atoms with Gasteiger partial charge in [0.15, 0.2) is 0 Å². The zero-order valence-corrected chi connectivity index (χ0v) is 18.8. The molecule has 1 N–H and O–H groups in total. The second-order valence-corrected chi connectivity index (χ2v) is 8.65. The van der Waals surface area contributed by atoms with Gasteiger partial charge in [0.25, 0.3) is 0 Å². The summed E-state index contributed by atoms with van der Waals surface area (Å²) in [4.78, 5) is 32.0. The maximum Gasteiger partial charge on any atom is 0.227 e. The number of fused-ring (bicyclic) bond motifs is 2. The van der Waals surface area contributed by atoms with Crippen LogP contribution < -0.4 is 10.1 Å². The number of hydrogen-bond acceptors (Lipinski definition) is 5. The van der Waals surface area contributed by atoms with Crippen LogP contribution in [0.1, 0.15) is 47.8 Å². The van der Waals surface area contributed by atoms with Gasteiger partial charge in [-0.1, -0.05) is 12.1 Å². The van der Waals surface area contributed by atoms with E-state index in [1.54, 1.807) is 12.3 Å². The summed E-state index contributed by atoms with van der Waals surface area (Å²) in [5.74, 6) is 2.44. The maximum atomic E-state index is 13.1. The Morgan fingerprint density at radius 2 is 2.12 bits per heavy atom. The molecular weight excluding hydrogens is 420 g/mol. The number of nitrogens with one attached hydrogen (secondary N) is 1. The van der Waals surface area contributed by atoms with Crippen LogP contribution in [-0.4, -0.2) is 39.4 Å². The fourth-order valence-electron chi connectivity index (χ4n) is 4.60. The van der Waals surface area contributed by atoms with Gasteiger partial charge in [0.2, 0.25) is 11.8 Å². The Labute approximate surface area is 192 Å². The summed E-state index contributed by atoms with van der Waals surface area (Å²) in [7, 11) is 0. The summed E-state index contributed by atoms with van der Waals surface area (Å²) in [5, 5.41) is 2.85. The Kier molecular flexibility index (Phi) is 5.90. The van der Waals surface area contributed by atoms with Crippen molar-refractivity contribution < 1.29 is 18.7 Å². The predicted molar refractivity (Wildman–Crippen MR) is 121 cm³/mol. The molecule has 2 aliphatic rings. The van der Waals surface area contributed by atoms with E-state index in [1.165, 1.54) is 5.56 Å². The average Bonchev–Trinajstić information content (AvgIpc) is 3.48. The molecule has 5 rings (SSSR count). The topological polar surface area (TPSA) is 89.6 Å². The van der Waals surface area contributed by atoms with Crippen LogP contribution in [0.4, 0.5) is 0 Å². The van der Waals surface area contributed by atoms with Crippen LogP contribution in [0.3, 0.4) is 0 Å². The summed E-state index contributed by atoms with van der Waals surface area (Å²) >= 11 is 0. The largest absolute Gasteiger partial charge is 0.493 e. The molecule has 1 aromatic carbocycles. The van der Waals surface area contributed by atoms with Crippen LogP contribution in [0.25, 0.3) is 0 Å². The summed E-state index contributed by atoms with van der Waals surface area (Å²) in [6.45, 7) is 4.41. The fraction of sp³-hybridized carbons (Fsp3) is 0.400. The molecule has 0 saturated heterocycles. The number of aryl methyl sites for hydroxylation is 1. The highest BCUT2D eigenvalue weighted by Crippen LogP contribution is 2.28. The van der Waals surface area contributed by atoms with Gasteiger partial charge in [0.1, 0.15) is 17.3 Å². The lowest BCUT2D eigenvalue weighted by molar-refractivity contribution is -0.133. The molecule has 0 aliphatic carbocycles. The van der Waals surface area contributed by atoms with Gasteiger partial charge in [0, 0.05) is 19.3 Å². The van der Waals surface area contributed by atoms with Crippen molar-refractivity contribution in [2.45, 2.75) is 51.7 Å². The van der Waals surface area contributed by atoms with E-state index in [-0.39, 0.29) is 24.3 Å². The van der Waals surface area contributed by atoms with Crippen LogP contribution in [-0.2, 0) is 41.9 Å². The smallest absolute Gasteiger partial charge is 0.227 e. The highest BCUT2D eigenvalue weighted by Gasteiger charge is 2.30. The van der Waals surface area contributed by atoms with E-state index >= 15 is 0 Å². The van der Waals surface area contributed by atoms with E-state index < -0.39 is 0 Å². The number of aromatic nitrogens is 2. The zero-order chi connectivity index (χ0) is 22.8. The van der Waals surface area contributed by atoms with E-state index in [1.807, 2.05) is 36.2 Å². The van der Waals surface area contributed by atoms with Gasteiger partial charge >= 0.3 is 0 Å². The van der Waals surface area contributed by atoms with Crippen LogP contribution in [0.2, 0.25) is 0 Å². The summed E-state index contributed by atoms with van der Waals surface area (Å²) in [6.07, 6.45) is 6.06. The lowest BCUT2D eigenvalue weighted by Crippen LogP contribution is -2.41. The minimum absolute atomic E-state index is 0.0890. The molecule has 0 spiro atoms. The molecule has 1 unspecified atom stereocenters. The molecule has 0 bridgehead atoms. The first-order valence-electron chi connectivity index (χ1n) is 11.5. The highest BCUT2D eigenvalue weighted by atomic mass is 16.5. The maximum absolute atomic E-state index is 13.1. The number of amides is 2. The van der Waals surface area contributed by atoms with Crippen molar-refractivity contribution in [3.05, 3.63) is 71.2 Å².